The van der Waals surface area contributed by atoms with E-state index >= 15 is 0 Å². The molecule has 4 N–H and O–H groups in total. The van der Waals surface area contributed by atoms with Crippen molar-refractivity contribution in [3.63, 3.8) is 0 Å². The molecule has 1 aromatic carbocycles. The summed E-state index contributed by atoms with van der Waals surface area (Å²) in [5.41, 5.74) is 5.89. The molecule has 0 radical (unpaired) electrons. The van der Waals surface area contributed by atoms with Gasteiger partial charge in [-0.25, -0.2) is 9.18 Å². The van der Waals surface area contributed by atoms with Gasteiger partial charge in [0.25, 0.3) is 0 Å². The molecule has 6 nitrogen and oxygen atoms in total. The van der Waals surface area contributed by atoms with Gasteiger partial charge in [0.1, 0.15) is 5.71 Å². The van der Waals surface area contributed by atoms with Gasteiger partial charge in [-0.15, -0.1) is 0 Å². The van der Waals surface area contributed by atoms with Crippen LogP contribution in [0.2, 0.25) is 0 Å². The summed E-state index contributed by atoms with van der Waals surface area (Å²) >= 11 is 0. The Kier molecular flexibility index (Phi) is 6.35. The third kappa shape index (κ3) is 4.28. The second kappa shape index (κ2) is 8.01. The van der Waals surface area contributed by atoms with Gasteiger partial charge in [-0.2, -0.15) is 0 Å². The first kappa shape index (κ1) is 16.6. The van der Waals surface area contributed by atoms with Crippen molar-refractivity contribution < 1.29 is 18.7 Å². The zero-order valence-corrected chi connectivity index (χ0v) is 11.9. The zero-order valence-electron chi connectivity index (χ0n) is 11.9. The summed E-state index contributed by atoms with van der Waals surface area (Å²) in [6.07, 6.45) is 2.57. The predicted molar refractivity (Wildman–Crippen MR) is 78.0 cm³/mol. The van der Waals surface area contributed by atoms with Gasteiger partial charge in [0.05, 0.1) is 13.7 Å². The average molecular weight is 295 g/mol. The molecule has 0 saturated heterocycles. The van der Waals surface area contributed by atoms with Crippen LogP contribution in [0.4, 0.5) is 10.1 Å². The molecule has 0 amide bonds. The zero-order chi connectivity index (χ0) is 15.8. The Balaban J connectivity index is 2.82. The molecule has 0 fully saturated rings. The highest BCUT2D eigenvalue weighted by molar-refractivity contribution is 6.39. The standard InChI is InChI=1S/C14H18FN3O3/c1-3-21-14(19)10(17)6-7-18-11-4-5-12(20-2)13(15)9(11)8-16/h4-7,17-18H,3,8,16H2,1-2H3/b7-6-,17-10?. The van der Waals surface area contributed by atoms with Gasteiger partial charge in [-0.3, -0.25) is 5.41 Å². The average Bonchev–Trinajstić information content (AvgIpc) is 2.47. The summed E-state index contributed by atoms with van der Waals surface area (Å²) in [4.78, 5) is 11.2. The Hall–Kier alpha value is -2.41. The van der Waals surface area contributed by atoms with Crippen LogP contribution in [0.15, 0.2) is 24.4 Å². The minimum absolute atomic E-state index is 0.0193. The summed E-state index contributed by atoms with van der Waals surface area (Å²) < 4.78 is 23.5. The van der Waals surface area contributed by atoms with E-state index in [0.717, 1.165) is 0 Å². The highest BCUT2D eigenvalue weighted by atomic mass is 19.1. The molecule has 7 heteroatoms. The SMILES string of the molecule is CCOC(=O)C(=N)/C=C\Nc1ccc(OC)c(F)c1CN. The van der Waals surface area contributed by atoms with Crippen LogP contribution in [-0.4, -0.2) is 25.4 Å². The van der Waals surface area contributed by atoms with E-state index in [4.69, 9.17) is 15.9 Å². The fraction of sp³-hybridized carbons (Fsp3) is 0.286. The normalized spacial score (nSPS) is 10.5. The highest BCUT2D eigenvalue weighted by Gasteiger charge is 2.12. The Morgan fingerprint density at radius 2 is 2.24 bits per heavy atom. The number of esters is 1. The number of ether oxygens (including phenoxy) is 2. The van der Waals surface area contributed by atoms with Crippen molar-refractivity contribution in [2.24, 2.45) is 5.73 Å². The molecule has 21 heavy (non-hydrogen) atoms. The van der Waals surface area contributed by atoms with Crippen LogP contribution in [0, 0.1) is 11.2 Å². The molecule has 1 aromatic rings. The number of nitrogens with one attached hydrogen (secondary N) is 2. The molecule has 1 rings (SSSR count). The number of halogens is 1. The van der Waals surface area contributed by atoms with E-state index in [2.05, 4.69) is 10.1 Å². The van der Waals surface area contributed by atoms with Gasteiger partial charge < -0.3 is 20.5 Å². The maximum atomic E-state index is 14.0. The quantitative estimate of drug-likeness (QED) is 0.526. The van der Waals surface area contributed by atoms with Crippen molar-refractivity contribution >= 4 is 17.4 Å². The molecule has 0 heterocycles. The van der Waals surface area contributed by atoms with Crippen LogP contribution in [0.5, 0.6) is 5.75 Å². The van der Waals surface area contributed by atoms with E-state index in [1.54, 1.807) is 13.0 Å². The largest absolute Gasteiger partial charge is 0.494 e. The number of methoxy groups -OCH3 is 1. The van der Waals surface area contributed by atoms with Crippen LogP contribution in [-0.2, 0) is 16.1 Å². The minimum Gasteiger partial charge on any atom is -0.494 e. The lowest BCUT2D eigenvalue weighted by molar-refractivity contribution is -0.135. The van der Waals surface area contributed by atoms with Crippen LogP contribution >= 0.6 is 0 Å². The van der Waals surface area contributed by atoms with Gasteiger partial charge >= 0.3 is 5.97 Å². The monoisotopic (exact) mass is 295 g/mol. The van der Waals surface area contributed by atoms with Crippen LogP contribution in [0.25, 0.3) is 0 Å². The van der Waals surface area contributed by atoms with Crippen molar-refractivity contribution in [2.75, 3.05) is 19.0 Å². The summed E-state index contributed by atoms with van der Waals surface area (Å²) in [7, 11) is 1.37. The van der Waals surface area contributed by atoms with Crippen molar-refractivity contribution in [2.45, 2.75) is 13.5 Å². The van der Waals surface area contributed by atoms with Gasteiger partial charge in [0.15, 0.2) is 11.6 Å². The predicted octanol–water partition coefficient (Wildman–Crippen LogP) is 1.80. The Morgan fingerprint density at radius 3 is 2.81 bits per heavy atom. The summed E-state index contributed by atoms with van der Waals surface area (Å²) in [6.45, 7) is 1.83. The highest BCUT2D eigenvalue weighted by Crippen LogP contribution is 2.26. The third-order valence-electron chi connectivity index (χ3n) is 2.62. The number of anilines is 1. The number of hydrogen-bond donors (Lipinski definition) is 3. The van der Waals surface area contributed by atoms with Crippen LogP contribution in [0.1, 0.15) is 12.5 Å². The lowest BCUT2D eigenvalue weighted by Gasteiger charge is -2.11. The number of rotatable bonds is 7. The lowest BCUT2D eigenvalue weighted by atomic mass is 10.1. The van der Waals surface area contributed by atoms with E-state index in [0.29, 0.717) is 5.69 Å². The number of carbonyl (C=O) groups excluding carboxylic acids is 1. The number of benzene rings is 1. The Bertz CT molecular complexity index is 559. The number of carbonyl (C=O) groups is 1. The van der Waals surface area contributed by atoms with Crippen LogP contribution in [0.3, 0.4) is 0 Å². The molecular formula is C14H18FN3O3. The number of hydrogen-bond acceptors (Lipinski definition) is 6. The molecule has 114 valence electrons. The second-order valence-corrected chi connectivity index (χ2v) is 3.92. The maximum Gasteiger partial charge on any atom is 0.356 e. The van der Waals surface area contributed by atoms with Crippen LogP contribution < -0.4 is 15.8 Å². The van der Waals surface area contributed by atoms with E-state index in [1.165, 1.54) is 25.5 Å². The minimum atomic E-state index is -0.726. The molecule has 0 aliphatic rings. The molecule has 0 aliphatic heterocycles. The van der Waals surface area contributed by atoms with Gasteiger partial charge in [-0.1, -0.05) is 0 Å². The van der Waals surface area contributed by atoms with Gasteiger partial charge in [-0.05, 0) is 25.1 Å². The molecule has 0 atom stereocenters. The fourth-order valence-corrected chi connectivity index (χ4v) is 1.58. The van der Waals surface area contributed by atoms with Crippen molar-refractivity contribution in [1.82, 2.24) is 0 Å². The summed E-state index contributed by atoms with van der Waals surface area (Å²) in [5, 5.41) is 10.2. The fourth-order valence-electron chi connectivity index (χ4n) is 1.58. The molecule has 0 bridgehead atoms. The second-order valence-electron chi connectivity index (χ2n) is 3.92. The summed E-state index contributed by atoms with van der Waals surface area (Å²) in [5.74, 6) is -1.17. The van der Waals surface area contributed by atoms with Gasteiger partial charge in [0, 0.05) is 24.0 Å². The van der Waals surface area contributed by atoms with E-state index in [1.807, 2.05) is 0 Å². The van der Waals surface area contributed by atoms with Crippen molar-refractivity contribution in [3.8, 4) is 5.75 Å². The van der Waals surface area contributed by atoms with Crippen molar-refractivity contribution in [1.29, 1.82) is 5.41 Å². The Labute approximate surface area is 122 Å². The Morgan fingerprint density at radius 1 is 1.52 bits per heavy atom. The number of nitrogens with two attached hydrogens (primary N) is 1. The van der Waals surface area contributed by atoms with E-state index in [9.17, 15) is 9.18 Å². The molecule has 0 spiro atoms. The molecule has 0 aliphatic carbocycles. The summed E-state index contributed by atoms with van der Waals surface area (Å²) in [6, 6.07) is 3.06. The first-order valence-corrected chi connectivity index (χ1v) is 6.29. The molecule has 0 saturated carbocycles. The van der Waals surface area contributed by atoms with Gasteiger partial charge in [0.2, 0.25) is 0 Å². The third-order valence-corrected chi connectivity index (χ3v) is 2.62. The van der Waals surface area contributed by atoms with Crippen molar-refractivity contribution in [3.05, 3.63) is 35.8 Å². The molecule has 0 unspecified atom stereocenters. The lowest BCUT2D eigenvalue weighted by Crippen LogP contribution is -2.14. The molecular weight excluding hydrogens is 277 g/mol. The maximum absolute atomic E-state index is 14.0. The smallest absolute Gasteiger partial charge is 0.356 e. The van der Waals surface area contributed by atoms with E-state index in [-0.39, 0.29) is 30.2 Å². The first-order valence-electron chi connectivity index (χ1n) is 6.29. The van der Waals surface area contributed by atoms with E-state index < -0.39 is 11.8 Å². The topological polar surface area (TPSA) is 97.4 Å². The first-order chi connectivity index (χ1) is 10.0. The molecule has 0 aromatic heterocycles.